The van der Waals surface area contributed by atoms with Crippen LogP contribution in [0.2, 0.25) is 0 Å². The van der Waals surface area contributed by atoms with E-state index in [0.717, 1.165) is 19.3 Å². The van der Waals surface area contributed by atoms with Crippen LogP contribution < -0.4 is 10.6 Å². The molecule has 0 aliphatic carbocycles. The molecule has 6 heteroatoms. The Kier molecular flexibility index (Phi) is 4.22. The summed E-state index contributed by atoms with van der Waals surface area (Å²) >= 11 is 0. The number of anilines is 2. The van der Waals surface area contributed by atoms with Gasteiger partial charge in [0, 0.05) is 17.8 Å². The largest absolute Gasteiger partial charge is 0.377 e. The smallest absolute Gasteiger partial charge is 0.292 e. The molecule has 0 fully saturated rings. The molecule has 1 unspecified atom stereocenters. The zero-order valence-corrected chi connectivity index (χ0v) is 11.7. The number of hydrogen-bond acceptors (Lipinski definition) is 4. The highest BCUT2D eigenvalue weighted by molar-refractivity contribution is 6.00. The lowest BCUT2D eigenvalue weighted by molar-refractivity contribution is -0.384. The molecule has 1 aromatic carbocycles. The molecule has 0 aromatic heterocycles. The summed E-state index contributed by atoms with van der Waals surface area (Å²) in [5.74, 6) is -0.118. The average molecular weight is 277 g/mol. The van der Waals surface area contributed by atoms with Crippen molar-refractivity contribution in [1.82, 2.24) is 0 Å². The first-order valence-electron chi connectivity index (χ1n) is 6.92. The molecule has 108 valence electrons. The lowest BCUT2D eigenvalue weighted by Gasteiger charge is -2.18. The fraction of sp³-hybridized carbons (Fsp3) is 0.500. The molecule has 0 bridgehead atoms. The van der Waals surface area contributed by atoms with Crippen LogP contribution in [0, 0.1) is 10.1 Å². The highest BCUT2D eigenvalue weighted by atomic mass is 16.6. The van der Waals surface area contributed by atoms with E-state index in [0.29, 0.717) is 16.9 Å². The summed E-state index contributed by atoms with van der Waals surface area (Å²) < 4.78 is 0. The molecule has 0 saturated heterocycles. The fourth-order valence-electron chi connectivity index (χ4n) is 2.47. The number of benzene rings is 1. The molecular formula is C14H19N3O3. The zero-order valence-electron chi connectivity index (χ0n) is 11.7. The van der Waals surface area contributed by atoms with Gasteiger partial charge in [0.05, 0.1) is 11.3 Å². The summed E-state index contributed by atoms with van der Waals surface area (Å²) in [5.41, 5.74) is 1.89. The minimum Gasteiger partial charge on any atom is -0.377 e. The molecule has 1 aromatic rings. The van der Waals surface area contributed by atoms with Crippen LogP contribution in [0.3, 0.4) is 0 Å². The number of carbonyl (C=O) groups is 1. The van der Waals surface area contributed by atoms with Gasteiger partial charge < -0.3 is 10.6 Å². The Morgan fingerprint density at radius 1 is 1.45 bits per heavy atom. The fourth-order valence-corrected chi connectivity index (χ4v) is 2.47. The molecule has 2 N–H and O–H groups in total. The van der Waals surface area contributed by atoms with Crippen molar-refractivity contribution in [1.29, 1.82) is 0 Å². The number of nitrogens with zero attached hydrogens (tertiary/aromatic N) is 1. The Balaban J connectivity index is 2.33. The third-order valence-electron chi connectivity index (χ3n) is 3.53. The number of nitro benzene ring substituents is 1. The number of amides is 1. The van der Waals surface area contributed by atoms with Crippen molar-refractivity contribution >= 4 is 23.0 Å². The number of nitrogens with one attached hydrogen (secondary N) is 2. The topological polar surface area (TPSA) is 84.3 Å². The molecule has 1 aliphatic rings. The first-order chi connectivity index (χ1) is 9.55. The summed E-state index contributed by atoms with van der Waals surface area (Å²) in [6.45, 7) is 4.13. The maximum absolute atomic E-state index is 11.4. The minimum absolute atomic E-state index is 0.0369. The van der Waals surface area contributed by atoms with Gasteiger partial charge in [-0.1, -0.05) is 20.3 Å². The van der Waals surface area contributed by atoms with Gasteiger partial charge in [-0.2, -0.15) is 0 Å². The molecule has 2 rings (SSSR count). The number of nitro groups is 1. The molecule has 1 amide bonds. The first kappa shape index (κ1) is 14.3. The molecule has 1 atom stereocenters. The van der Waals surface area contributed by atoms with Gasteiger partial charge in [-0.25, -0.2) is 0 Å². The van der Waals surface area contributed by atoms with Gasteiger partial charge in [0.15, 0.2) is 0 Å². The van der Waals surface area contributed by atoms with Crippen molar-refractivity contribution < 1.29 is 9.72 Å². The minimum atomic E-state index is -0.399. The van der Waals surface area contributed by atoms with Gasteiger partial charge in [0.1, 0.15) is 5.69 Å². The van der Waals surface area contributed by atoms with Crippen molar-refractivity contribution in [2.45, 2.75) is 45.6 Å². The number of fused-ring (bicyclic) bond motifs is 1. The predicted octanol–water partition coefficient (Wildman–Crippen LogP) is 3.08. The van der Waals surface area contributed by atoms with E-state index in [1.165, 1.54) is 6.07 Å². The van der Waals surface area contributed by atoms with Gasteiger partial charge in [-0.05, 0) is 24.5 Å². The van der Waals surface area contributed by atoms with Crippen molar-refractivity contribution in [3.63, 3.8) is 0 Å². The number of rotatable bonds is 6. The maximum Gasteiger partial charge on any atom is 0.292 e. The van der Waals surface area contributed by atoms with E-state index in [9.17, 15) is 14.9 Å². The quantitative estimate of drug-likeness (QED) is 0.618. The van der Waals surface area contributed by atoms with Crippen molar-refractivity contribution in [3.8, 4) is 0 Å². The van der Waals surface area contributed by atoms with Crippen LogP contribution in [0.5, 0.6) is 0 Å². The molecule has 6 nitrogen and oxygen atoms in total. The van der Waals surface area contributed by atoms with Gasteiger partial charge >= 0.3 is 0 Å². The van der Waals surface area contributed by atoms with Crippen LogP contribution in [0.25, 0.3) is 0 Å². The van der Waals surface area contributed by atoms with Gasteiger partial charge in [0.25, 0.3) is 5.69 Å². The SMILES string of the molecule is CCCC(CC)Nc1cc2c(cc1[N+](=O)[O-])CC(=O)N2. The van der Waals surface area contributed by atoms with Gasteiger partial charge in [-0.3, -0.25) is 14.9 Å². The third kappa shape index (κ3) is 2.89. The molecule has 0 spiro atoms. The molecular weight excluding hydrogens is 258 g/mol. The highest BCUT2D eigenvalue weighted by Gasteiger charge is 2.25. The number of hydrogen-bond donors (Lipinski definition) is 2. The van der Waals surface area contributed by atoms with E-state index in [2.05, 4.69) is 17.6 Å². The van der Waals surface area contributed by atoms with Crippen molar-refractivity contribution in [3.05, 3.63) is 27.8 Å². The third-order valence-corrected chi connectivity index (χ3v) is 3.53. The summed E-state index contributed by atoms with van der Waals surface area (Å²) in [5, 5.41) is 17.1. The van der Waals surface area contributed by atoms with Crippen LogP contribution in [0.4, 0.5) is 17.1 Å². The Hall–Kier alpha value is -2.11. The predicted molar refractivity (Wildman–Crippen MR) is 78.0 cm³/mol. The van der Waals surface area contributed by atoms with E-state index in [1.54, 1.807) is 6.07 Å². The van der Waals surface area contributed by atoms with Crippen LogP contribution in [0.1, 0.15) is 38.7 Å². The summed E-state index contributed by atoms with van der Waals surface area (Å²) in [7, 11) is 0. The Labute approximate surface area is 117 Å². The van der Waals surface area contributed by atoms with Gasteiger partial charge in [0.2, 0.25) is 5.91 Å². The average Bonchev–Trinajstić information content (AvgIpc) is 2.76. The second-order valence-corrected chi connectivity index (χ2v) is 5.05. The van der Waals surface area contributed by atoms with E-state index >= 15 is 0 Å². The number of carbonyl (C=O) groups excluding carboxylic acids is 1. The van der Waals surface area contributed by atoms with Crippen LogP contribution in [-0.4, -0.2) is 16.9 Å². The van der Waals surface area contributed by atoms with Crippen LogP contribution >= 0.6 is 0 Å². The second-order valence-electron chi connectivity index (χ2n) is 5.05. The zero-order chi connectivity index (χ0) is 14.7. The maximum atomic E-state index is 11.4. The molecule has 0 radical (unpaired) electrons. The van der Waals surface area contributed by atoms with Crippen LogP contribution in [-0.2, 0) is 11.2 Å². The summed E-state index contributed by atoms with van der Waals surface area (Å²) in [6, 6.07) is 3.37. The lowest BCUT2D eigenvalue weighted by atomic mass is 10.1. The lowest BCUT2D eigenvalue weighted by Crippen LogP contribution is -2.18. The van der Waals surface area contributed by atoms with E-state index in [4.69, 9.17) is 0 Å². The monoisotopic (exact) mass is 277 g/mol. The molecule has 0 saturated carbocycles. The molecule has 20 heavy (non-hydrogen) atoms. The highest BCUT2D eigenvalue weighted by Crippen LogP contribution is 2.35. The summed E-state index contributed by atoms with van der Waals surface area (Å²) in [6.07, 6.45) is 3.08. The summed E-state index contributed by atoms with van der Waals surface area (Å²) in [4.78, 5) is 22.2. The molecule has 1 aliphatic heterocycles. The van der Waals surface area contributed by atoms with E-state index in [1.807, 2.05) is 6.92 Å². The van der Waals surface area contributed by atoms with Gasteiger partial charge in [-0.15, -0.1) is 0 Å². The normalized spacial score (nSPS) is 14.6. The van der Waals surface area contributed by atoms with E-state index < -0.39 is 4.92 Å². The van der Waals surface area contributed by atoms with Crippen LogP contribution in [0.15, 0.2) is 12.1 Å². The Morgan fingerprint density at radius 2 is 2.20 bits per heavy atom. The van der Waals surface area contributed by atoms with Crippen molar-refractivity contribution in [2.75, 3.05) is 10.6 Å². The standard InChI is InChI=1S/C14H19N3O3/c1-3-5-10(4-2)15-12-8-11-9(7-14(18)16-11)6-13(12)17(19)20/h6,8,10,15H,3-5,7H2,1-2H3,(H,16,18). The van der Waals surface area contributed by atoms with E-state index in [-0.39, 0.29) is 24.1 Å². The Morgan fingerprint density at radius 3 is 2.80 bits per heavy atom. The Bertz CT molecular complexity index is 543. The molecule has 1 heterocycles. The van der Waals surface area contributed by atoms with Crippen molar-refractivity contribution in [2.24, 2.45) is 0 Å². The second kappa shape index (κ2) is 5.90. The first-order valence-corrected chi connectivity index (χ1v) is 6.92.